The number of benzene rings is 1. The van der Waals surface area contributed by atoms with Crippen LogP contribution in [-0.4, -0.2) is 57.8 Å². The molecule has 1 aromatic rings. The number of carbonyl (C=O) groups is 1. The molecule has 0 N–H and O–H groups in total. The normalized spacial score (nSPS) is 17.3. The highest BCUT2D eigenvalue weighted by molar-refractivity contribution is 7.89. The standard InChI is InChI=1S/C13H16Cl2N2O4S/c1-16(2)13(18)8-5-7-6-9(22(19,20)17(3)4)10(14)11(15)12(7)21-8/h6,8H,5H2,1-4H3. The molecule has 9 heteroatoms. The molecule has 0 spiro atoms. The number of likely N-dealkylation sites (N-methyl/N-ethyl adjacent to an activating group) is 1. The van der Waals surface area contributed by atoms with Crippen molar-refractivity contribution in [3.63, 3.8) is 0 Å². The molecule has 0 bridgehead atoms. The summed E-state index contributed by atoms with van der Waals surface area (Å²) in [6, 6.07) is 1.42. The van der Waals surface area contributed by atoms with Crippen molar-refractivity contribution in [1.29, 1.82) is 0 Å². The van der Waals surface area contributed by atoms with Crippen molar-refractivity contribution in [2.75, 3.05) is 28.2 Å². The summed E-state index contributed by atoms with van der Waals surface area (Å²) in [5, 5.41) is -0.0966. The van der Waals surface area contributed by atoms with Crippen LogP contribution in [-0.2, 0) is 21.2 Å². The molecular weight excluding hydrogens is 351 g/mol. The fraction of sp³-hybridized carbons (Fsp3) is 0.462. The van der Waals surface area contributed by atoms with Gasteiger partial charge in [0.05, 0.1) is 5.02 Å². The van der Waals surface area contributed by atoms with Gasteiger partial charge >= 0.3 is 0 Å². The topological polar surface area (TPSA) is 66.9 Å². The Morgan fingerprint density at radius 1 is 1.23 bits per heavy atom. The van der Waals surface area contributed by atoms with Gasteiger partial charge in [0.1, 0.15) is 15.7 Å². The largest absolute Gasteiger partial charge is 0.478 e. The molecule has 0 aliphatic carbocycles. The minimum absolute atomic E-state index is 0.00801. The van der Waals surface area contributed by atoms with E-state index in [1.165, 1.54) is 25.1 Å². The predicted octanol–water partition coefficient (Wildman–Crippen LogP) is 1.64. The van der Waals surface area contributed by atoms with Crippen molar-refractivity contribution in [3.05, 3.63) is 21.7 Å². The van der Waals surface area contributed by atoms with Crippen LogP contribution in [0, 0.1) is 0 Å². The summed E-state index contributed by atoms with van der Waals surface area (Å²) < 4.78 is 31.2. The molecule has 0 fully saturated rings. The zero-order chi connectivity index (χ0) is 16.8. The smallest absolute Gasteiger partial charge is 0.263 e. The highest BCUT2D eigenvalue weighted by Gasteiger charge is 2.35. The first-order valence-corrected chi connectivity index (χ1v) is 8.58. The Balaban J connectivity index is 2.51. The molecule has 1 amide bonds. The summed E-state index contributed by atoms with van der Waals surface area (Å²) in [6.45, 7) is 0. The zero-order valence-corrected chi connectivity index (χ0v) is 14.9. The Bertz CT molecular complexity index is 732. The highest BCUT2D eigenvalue weighted by atomic mass is 35.5. The van der Waals surface area contributed by atoms with Crippen molar-refractivity contribution in [3.8, 4) is 5.75 Å². The highest BCUT2D eigenvalue weighted by Crippen LogP contribution is 2.44. The molecule has 1 heterocycles. The summed E-state index contributed by atoms with van der Waals surface area (Å²) in [7, 11) is 2.30. The third-order valence-electron chi connectivity index (χ3n) is 3.35. The van der Waals surface area contributed by atoms with E-state index in [9.17, 15) is 13.2 Å². The van der Waals surface area contributed by atoms with Crippen LogP contribution in [0.25, 0.3) is 0 Å². The summed E-state index contributed by atoms with van der Waals surface area (Å²) in [5.41, 5.74) is 0.551. The van der Waals surface area contributed by atoms with Gasteiger partial charge in [-0.3, -0.25) is 4.79 Å². The number of carbonyl (C=O) groups excluding carboxylic acids is 1. The lowest BCUT2D eigenvalue weighted by atomic mass is 10.1. The average molecular weight is 367 g/mol. The Labute approximate surface area is 139 Å². The van der Waals surface area contributed by atoms with Crippen molar-refractivity contribution in [2.24, 2.45) is 0 Å². The fourth-order valence-corrected chi connectivity index (χ4v) is 3.88. The zero-order valence-electron chi connectivity index (χ0n) is 12.6. The molecular formula is C13H16Cl2N2O4S. The second kappa shape index (κ2) is 5.88. The number of sulfonamides is 1. The van der Waals surface area contributed by atoms with Crippen LogP contribution in [0.5, 0.6) is 5.75 Å². The molecule has 6 nitrogen and oxygen atoms in total. The van der Waals surface area contributed by atoms with Crippen molar-refractivity contribution >= 4 is 39.1 Å². The van der Waals surface area contributed by atoms with Crippen molar-refractivity contribution < 1.29 is 17.9 Å². The first kappa shape index (κ1) is 17.3. The van der Waals surface area contributed by atoms with Gasteiger partial charge in [-0.25, -0.2) is 12.7 Å². The molecule has 2 rings (SSSR count). The van der Waals surface area contributed by atoms with Gasteiger partial charge in [0.15, 0.2) is 6.10 Å². The molecule has 122 valence electrons. The summed E-state index contributed by atoms with van der Waals surface area (Å²) in [5.74, 6) is 0.0463. The van der Waals surface area contributed by atoms with Gasteiger partial charge in [-0.1, -0.05) is 23.2 Å². The van der Waals surface area contributed by atoms with Crippen molar-refractivity contribution in [2.45, 2.75) is 17.4 Å². The first-order chi connectivity index (χ1) is 10.1. The Morgan fingerprint density at radius 3 is 2.32 bits per heavy atom. The van der Waals surface area contributed by atoms with Crippen LogP contribution in [0.2, 0.25) is 10.0 Å². The van der Waals surface area contributed by atoms with E-state index in [4.69, 9.17) is 27.9 Å². The number of amides is 1. The fourth-order valence-electron chi connectivity index (χ4n) is 2.11. The lowest BCUT2D eigenvalue weighted by molar-refractivity contribution is -0.135. The van der Waals surface area contributed by atoms with E-state index in [1.807, 2.05) is 0 Å². The van der Waals surface area contributed by atoms with E-state index in [-0.39, 0.29) is 33.0 Å². The minimum Gasteiger partial charge on any atom is -0.478 e. The van der Waals surface area contributed by atoms with Crippen LogP contribution in [0.3, 0.4) is 0 Å². The van der Waals surface area contributed by atoms with Gasteiger partial charge in [-0.05, 0) is 6.07 Å². The number of hydrogen-bond donors (Lipinski definition) is 0. The molecule has 1 unspecified atom stereocenters. The lowest BCUT2D eigenvalue weighted by Gasteiger charge is -2.16. The monoisotopic (exact) mass is 366 g/mol. The maximum atomic E-state index is 12.3. The molecule has 0 radical (unpaired) electrons. The number of hydrogen-bond acceptors (Lipinski definition) is 4. The molecule has 1 atom stereocenters. The van der Waals surface area contributed by atoms with Crippen molar-refractivity contribution in [1.82, 2.24) is 9.21 Å². The molecule has 1 aliphatic heterocycles. The minimum atomic E-state index is -3.74. The number of fused-ring (bicyclic) bond motifs is 1. The van der Waals surface area contributed by atoms with Gasteiger partial charge in [-0.15, -0.1) is 0 Å². The molecule has 22 heavy (non-hydrogen) atoms. The Morgan fingerprint density at radius 2 is 1.82 bits per heavy atom. The number of nitrogens with zero attached hydrogens (tertiary/aromatic N) is 2. The second-order valence-corrected chi connectivity index (χ2v) is 8.20. The molecule has 0 saturated heterocycles. The summed E-state index contributed by atoms with van der Waals surface area (Å²) in [4.78, 5) is 13.3. The average Bonchev–Trinajstić information content (AvgIpc) is 2.85. The van der Waals surface area contributed by atoms with Gasteiger partial charge < -0.3 is 9.64 Å². The number of rotatable bonds is 3. The van der Waals surface area contributed by atoms with Crippen LogP contribution >= 0.6 is 23.2 Å². The van der Waals surface area contributed by atoms with Gasteiger partial charge in [-0.2, -0.15) is 0 Å². The van der Waals surface area contributed by atoms with E-state index in [0.717, 1.165) is 4.31 Å². The van der Waals surface area contributed by atoms with Gasteiger partial charge in [0, 0.05) is 40.2 Å². The second-order valence-electron chi connectivity index (χ2n) is 5.32. The van der Waals surface area contributed by atoms with E-state index in [0.29, 0.717) is 5.56 Å². The van der Waals surface area contributed by atoms with Gasteiger partial charge in [0.2, 0.25) is 10.0 Å². The Hall–Kier alpha value is -1.02. The quantitative estimate of drug-likeness (QED) is 0.815. The molecule has 0 saturated carbocycles. The van der Waals surface area contributed by atoms with E-state index in [2.05, 4.69) is 0 Å². The van der Waals surface area contributed by atoms with E-state index >= 15 is 0 Å². The third kappa shape index (κ3) is 2.78. The van der Waals surface area contributed by atoms with Crippen LogP contribution < -0.4 is 4.74 Å². The van der Waals surface area contributed by atoms with Crippen LogP contribution in [0.1, 0.15) is 5.56 Å². The number of ether oxygens (including phenoxy) is 1. The molecule has 0 aromatic heterocycles. The van der Waals surface area contributed by atoms with Crippen LogP contribution in [0.15, 0.2) is 11.0 Å². The summed E-state index contributed by atoms with van der Waals surface area (Å²) >= 11 is 12.2. The Kier molecular flexibility index (Phi) is 4.64. The molecule has 1 aliphatic rings. The SMILES string of the molecule is CN(C)C(=O)C1Cc2cc(S(=O)(=O)N(C)C)c(Cl)c(Cl)c2O1. The van der Waals surface area contributed by atoms with Crippen LogP contribution in [0.4, 0.5) is 0 Å². The first-order valence-electron chi connectivity index (χ1n) is 6.38. The van der Waals surface area contributed by atoms with E-state index < -0.39 is 16.1 Å². The summed E-state index contributed by atoms with van der Waals surface area (Å²) in [6.07, 6.45) is -0.477. The van der Waals surface area contributed by atoms with Gasteiger partial charge in [0.25, 0.3) is 5.91 Å². The maximum absolute atomic E-state index is 12.3. The molecule has 1 aromatic carbocycles. The number of halogens is 2. The lowest BCUT2D eigenvalue weighted by Crippen LogP contribution is -2.36. The third-order valence-corrected chi connectivity index (χ3v) is 6.15. The van der Waals surface area contributed by atoms with E-state index in [1.54, 1.807) is 14.1 Å². The maximum Gasteiger partial charge on any atom is 0.263 e. The predicted molar refractivity (Wildman–Crippen MR) is 84.1 cm³/mol.